The van der Waals surface area contributed by atoms with Gasteiger partial charge in [-0.1, -0.05) is 23.4 Å². The van der Waals surface area contributed by atoms with Crippen LogP contribution in [-0.4, -0.2) is 25.2 Å². The molecule has 0 spiro atoms. The molecular formula is C19H16N6O4S. The fourth-order valence-corrected chi connectivity index (χ4v) is 3.26. The summed E-state index contributed by atoms with van der Waals surface area (Å²) in [5, 5.41) is 19.0. The Morgan fingerprint density at radius 2 is 1.80 bits per heavy atom. The maximum atomic E-state index is 12.4. The summed E-state index contributed by atoms with van der Waals surface area (Å²) >= 11 is 0. The highest BCUT2D eigenvalue weighted by atomic mass is 32.2. The van der Waals surface area contributed by atoms with Gasteiger partial charge in [-0.15, -0.1) is 0 Å². The molecule has 2 aromatic carbocycles. The van der Waals surface area contributed by atoms with E-state index in [1.807, 2.05) is 6.07 Å². The Hall–Kier alpha value is -4.17. The lowest BCUT2D eigenvalue weighted by Gasteiger charge is -2.07. The van der Waals surface area contributed by atoms with Crippen LogP contribution in [0.5, 0.6) is 0 Å². The second-order valence-corrected chi connectivity index (χ2v) is 7.64. The standard InChI is InChI=1S/C19H16N6O4S/c1-13-11-18(24-29-13)25-30(27,28)16-9-7-14(8-10-16)21-19(26)17(12-20)23-22-15-5-3-2-4-6-15/h2-11,22H,1H3,(H,21,26)(H,24,25)/b23-17+. The first kappa shape index (κ1) is 20.6. The molecule has 0 bridgehead atoms. The van der Waals surface area contributed by atoms with Gasteiger partial charge in [0, 0.05) is 11.8 Å². The van der Waals surface area contributed by atoms with Crippen molar-refractivity contribution in [1.29, 1.82) is 5.26 Å². The van der Waals surface area contributed by atoms with Gasteiger partial charge in [-0.05, 0) is 43.3 Å². The average Bonchev–Trinajstić information content (AvgIpc) is 3.13. The first-order valence-electron chi connectivity index (χ1n) is 8.54. The van der Waals surface area contributed by atoms with Crippen molar-refractivity contribution in [2.75, 3.05) is 15.5 Å². The first-order chi connectivity index (χ1) is 14.4. The Morgan fingerprint density at radius 1 is 1.10 bits per heavy atom. The predicted octanol–water partition coefficient (Wildman–Crippen LogP) is 2.71. The molecule has 0 radical (unpaired) electrons. The summed E-state index contributed by atoms with van der Waals surface area (Å²) in [6, 6.07) is 17.4. The molecule has 3 aromatic rings. The van der Waals surface area contributed by atoms with Crippen molar-refractivity contribution in [2.45, 2.75) is 11.8 Å². The Bertz CT molecular complexity index is 1210. The normalized spacial score (nSPS) is 11.4. The largest absolute Gasteiger partial charge is 0.360 e. The summed E-state index contributed by atoms with van der Waals surface area (Å²) in [6.07, 6.45) is 0. The number of nitrogens with one attached hydrogen (secondary N) is 3. The Kier molecular flexibility index (Phi) is 6.09. The van der Waals surface area contributed by atoms with Crippen LogP contribution in [0.2, 0.25) is 0 Å². The molecule has 0 aliphatic carbocycles. The van der Waals surface area contributed by atoms with Gasteiger partial charge < -0.3 is 9.84 Å². The number of nitriles is 1. The molecule has 0 aliphatic rings. The molecule has 11 heteroatoms. The summed E-state index contributed by atoms with van der Waals surface area (Å²) in [5.41, 5.74) is 3.13. The number of aryl methyl sites for hydroxylation is 1. The highest BCUT2D eigenvalue weighted by Crippen LogP contribution is 2.18. The average molecular weight is 424 g/mol. The van der Waals surface area contributed by atoms with Gasteiger partial charge in [0.1, 0.15) is 11.8 Å². The minimum atomic E-state index is -3.88. The molecule has 3 N–H and O–H groups in total. The molecule has 30 heavy (non-hydrogen) atoms. The summed E-state index contributed by atoms with van der Waals surface area (Å²) in [6.45, 7) is 1.64. The summed E-state index contributed by atoms with van der Waals surface area (Å²) in [7, 11) is -3.88. The number of hydrazone groups is 1. The zero-order valence-corrected chi connectivity index (χ0v) is 16.5. The van der Waals surface area contributed by atoms with Crippen molar-refractivity contribution in [2.24, 2.45) is 5.10 Å². The van der Waals surface area contributed by atoms with Crippen LogP contribution in [0.15, 0.2) is 75.2 Å². The summed E-state index contributed by atoms with van der Waals surface area (Å²) < 4.78 is 31.8. The minimum Gasteiger partial charge on any atom is -0.360 e. The number of hydrogen-bond acceptors (Lipinski definition) is 8. The van der Waals surface area contributed by atoms with Gasteiger partial charge in [0.25, 0.3) is 15.9 Å². The molecule has 1 heterocycles. The zero-order chi connectivity index (χ0) is 21.6. The van der Waals surface area contributed by atoms with Crippen LogP contribution in [0.3, 0.4) is 0 Å². The lowest BCUT2D eigenvalue weighted by Crippen LogP contribution is -2.22. The molecule has 1 amide bonds. The SMILES string of the molecule is Cc1cc(NS(=O)(=O)c2ccc(NC(=O)/C(C#N)=N/Nc3ccccc3)cc2)no1. The maximum absolute atomic E-state index is 12.4. The quantitative estimate of drug-likeness (QED) is 0.390. The first-order valence-corrected chi connectivity index (χ1v) is 10.0. The van der Waals surface area contributed by atoms with Crippen LogP contribution in [0, 0.1) is 18.3 Å². The highest BCUT2D eigenvalue weighted by molar-refractivity contribution is 7.92. The number of nitrogens with zero attached hydrogens (tertiary/aromatic N) is 3. The molecule has 10 nitrogen and oxygen atoms in total. The van der Waals surface area contributed by atoms with Crippen LogP contribution in [0.1, 0.15) is 5.76 Å². The lowest BCUT2D eigenvalue weighted by molar-refractivity contribution is -0.110. The third-order valence-corrected chi connectivity index (χ3v) is 5.05. The van der Waals surface area contributed by atoms with Crippen LogP contribution >= 0.6 is 0 Å². The fourth-order valence-electron chi connectivity index (χ4n) is 2.28. The molecule has 0 atom stereocenters. The van der Waals surface area contributed by atoms with Gasteiger partial charge in [0.2, 0.25) is 5.71 Å². The van der Waals surface area contributed by atoms with E-state index in [9.17, 15) is 13.2 Å². The Labute approximate surface area is 172 Å². The van der Waals surface area contributed by atoms with Gasteiger partial charge in [0.15, 0.2) is 5.82 Å². The molecule has 0 saturated carbocycles. The topological polar surface area (TPSA) is 149 Å². The van der Waals surface area contributed by atoms with Crippen molar-refractivity contribution in [3.63, 3.8) is 0 Å². The lowest BCUT2D eigenvalue weighted by atomic mass is 10.3. The number of rotatable bonds is 7. The number of sulfonamides is 1. The molecule has 0 unspecified atom stereocenters. The Morgan fingerprint density at radius 3 is 2.40 bits per heavy atom. The van der Waals surface area contributed by atoms with Crippen molar-refractivity contribution < 1.29 is 17.7 Å². The van der Waals surface area contributed by atoms with Crippen molar-refractivity contribution in [1.82, 2.24) is 5.16 Å². The third kappa shape index (κ3) is 5.21. The van der Waals surface area contributed by atoms with Gasteiger partial charge in [0.05, 0.1) is 10.6 Å². The smallest absolute Gasteiger partial charge is 0.287 e. The number of amides is 1. The predicted molar refractivity (Wildman–Crippen MR) is 110 cm³/mol. The maximum Gasteiger partial charge on any atom is 0.287 e. The minimum absolute atomic E-state index is 0.0407. The fraction of sp³-hybridized carbons (Fsp3) is 0.0526. The number of para-hydroxylation sites is 1. The Balaban J connectivity index is 1.67. The molecular weight excluding hydrogens is 408 g/mol. The molecule has 3 rings (SSSR count). The number of carbonyl (C=O) groups is 1. The molecule has 0 fully saturated rings. The van der Waals surface area contributed by atoms with E-state index in [1.54, 1.807) is 37.3 Å². The van der Waals surface area contributed by atoms with Gasteiger partial charge in [-0.3, -0.25) is 14.9 Å². The molecule has 0 aliphatic heterocycles. The molecule has 0 saturated heterocycles. The van der Waals surface area contributed by atoms with E-state index in [2.05, 4.69) is 25.7 Å². The summed E-state index contributed by atoms with van der Waals surface area (Å²) in [4.78, 5) is 12.2. The van der Waals surface area contributed by atoms with E-state index in [-0.39, 0.29) is 10.7 Å². The van der Waals surface area contributed by atoms with Crippen molar-refractivity contribution >= 4 is 38.8 Å². The number of aromatic nitrogens is 1. The van der Waals surface area contributed by atoms with Gasteiger partial charge in [-0.2, -0.15) is 10.4 Å². The zero-order valence-electron chi connectivity index (χ0n) is 15.7. The van der Waals surface area contributed by atoms with Crippen molar-refractivity contribution in [3.05, 3.63) is 66.4 Å². The van der Waals surface area contributed by atoms with Crippen LogP contribution in [-0.2, 0) is 14.8 Å². The number of carbonyl (C=O) groups excluding carboxylic acids is 1. The number of hydrogen-bond donors (Lipinski definition) is 3. The molecule has 1 aromatic heterocycles. The van der Waals surface area contributed by atoms with E-state index < -0.39 is 21.6 Å². The number of benzene rings is 2. The van der Waals surface area contributed by atoms with E-state index in [0.717, 1.165) is 0 Å². The van der Waals surface area contributed by atoms with Crippen LogP contribution in [0.25, 0.3) is 0 Å². The highest BCUT2D eigenvalue weighted by Gasteiger charge is 2.17. The van der Waals surface area contributed by atoms with Crippen LogP contribution in [0.4, 0.5) is 17.2 Å². The van der Waals surface area contributed by atoms with Gasteiger partial charge in [-0.25, -0.2) is 8.42 Å². The van der Waals surface area contributed by atoms with E-state index in [0.29, 0.717) is 17.1 Å². The van der Waals surface area contributed by atoms with E-state index in [4.69, 9.17) is 9.78 Å². The van der Waals surface area contributed by atoms with E-state index in [1.165, 1.54) is 30.3 Å². The summed E-state index contributed by atoms with van der Waals surface area (Å²) in [5.74, 6) is -0.221. The second kappa shape index (κ2) is 8.89. The van der Waals surface area contributed by atoms with Crippen molar-refractivity contribution in [3.8, 4) is 6.07 Å². The van der Waals surface area contributed by atoms with Gasteiger partial charge >= 0.3 is 0 Å². The molecule has 152 valence electrons. The number of anilines is 3. The van der Waals surface area contributed by atoms with E-state index >= 15 is 0 Å². The van der Waals surface area contributed by atoms with Crippen LogP contribution < -0.4 is 15.5 Å². The third-order valence-electron chi connectivity index (χ3n) is 3.68. The second-order valence-electron chi connectivity index (χ2n) is 5.96. The monoisotopic (exact) mass is 424 g/mol.